The van der Waals surface area contributed by atoms with Crippen molar-refractivity contribution >= 4 is 0 Å². The van der Waals surface area contributed by atoms with Crippen LogP contribution in [0.25, 0.3) is 0 Å². The molecule has 0 aromatic heterocycles. The van der Waals surface area contributed by atoms with Crippen molar-refractivity contribution in [3.8, 4) is 11.5 Å². The highest BCUT2D eigenvalue weighted by molar-refractivity contribution is 5.41. The van der Waals surface area contributed by atoms with E-state index in [-0.39, 0.29) is 11.8 Å². The van der Waals surface area contributed by atoms with Crippen LogP contribution >= 0.6 is 0 Å². The molecule has 0 heterocycles. The number of phenolic OH excluding ortho intramolecular Hbond substituents is 1. The van der Waals surface area contributed by atoms with Crippen LogP contribution < -0.4 is 10.1 Å². The van der Waals surface area contributed by atoms with E-state index in [1.54, 1.807) is 26.2 Å². The van der Waals surface area contributed by atoms with Gasteiger partial charge in [-0.3, -0.25) is 0 Å². The monoisotopic (exact) mass is 225 g/mol. The number of ether oxygens (including phenoxy) is 1. The fraction of sp³-hybridized carbons (Fsp3) is 0.500. The molecule has 0 saturated heterocycles. The second-order valence-electron chi connectivity index (χ2n) is 3.90. The molecule has 1 aromatic rings. The lowest BCUT2D eigenvalue weighted by Crippen LogP contribution is -2.27. The van der Waals surface area contributed by atoms with Gasteiger partial charge in [-0.15, -0.1) is 0 Å². The Morgan fingerprint density at radius 1 is 1.38 bits per heavy atom. The van der Waals surface area contributed by atoms with Gasteiger partial charge >= 0.3 is 0 Å². The van der Waals surface area contributed by atoms with Crippen LogP contribution in [0.3, 0.4) is 0 Å². The molecule has 0 aliphatic carbocycles. The van der Waals surface area contributed by atoms with Gasteiger partial charge in [0.05, 0.1) is 13.2 Å². The van der Waals surface area contributed by atoms with E-state index in [2.05, 4.69) is 5.32 Å². The van der Waals surface area contributed by atoms with Crippen LogP contribution in [0.5, 0.6) is 11.5 Å². The molecule has 2 atom stereocenters. The number of nitrogens with one attached hydrogen (secondary N) is 1. The lowest BCUT2D eigenvalue weighted by atomic mass is 10.1. The quantitative estimate of drug-likeness (QED) is 0.709. The molecule has 0 bridgehead atoms. The summed E-state index contributed by atoms with van der Waals surface area (Å²) in [5.41, 5.74) is 0.793. The van der Waals surface area contributed by atoms with E-state index in [9.17, 15) is 5.11 Å². The van der Waals surface area contributed by atoms with Crippen LogP contribution in [-0.2, 0) is 0 Å². The minimum Gasteiger partial charge on any atom is -0.507 e. The zero-order valence-electron chi connectivity index (χ0n) is 9.90. The lowest BCUT2D eigenvalue weighted by Gasteiger charge is -2.17. The average molecular weight is 225 g/mol. The van der Waals surface area contributed by atoms with Crippen LogP contribution in [0, 0.1) is 0 Å². The number of aromatic hydroxyl groups is 1. The summed E-state index contributed by atoms with van der Waals surface area (Å²) in [6.45, 7) is 4.14. The number of aliphatic hydroxyl groups is 1. The number of rotatable bonds is 5. The predicted octanol–water partition coefficient (Wildman–Crippen LogP) is 1.43. The molecule has 0 saturated carbocycles. The molecule has 90 valence electrons. The standard InChI is InChI=1S/C12H19NO3/c1-8(14)7-13-9(2)11-5-4-10(16-3)6-12(11)15/h4-6,8-9,13-15H,7H2,1-3H3. The van der Waals surface area contributed by atoms with Crippen molar-refractivity contribution in [1.29, 1.82) is 0 Å². The fourth-order valence-corrected chi connectivity index (χ4v) is 1.47. The van der Waals surface area contributed by atoms with Crippen LogP contribution in [-0.4, -0.2) is 30.0 Å². The predicted molar refractivity (Wildman–Crippen MR) is 62.8 cm³/mol. The highest BCUT2D eigenvalue weighted by atomic mass is 16.5. The van der Waals surface area contributed by atoms with Gasteiger partial charge in [0, 0.05) is 24.2 Å². The summed E-state index contributed by atoms with van der Waals surface area (Å²) in [4.78, 5) is 0. The van der Waals surface area contributed by atoms with Gasteiger partial charge in [-0.1, -0.05) is 6.07 Å². The summed E-state index contributed by atoms with van der Waals surface area (Å²) in [6, 6.07) is 5.18. The van der Waals surface area contributed by atoms with Gasteiger partial charge < -0.3 is 20.3 Å². The minimum absolute atomic E-state index is 0.0134. The summed E-state index contributed by atoms with van der Waals surface area (Å²) in [5, 5.41) is 22.1. The normalized spacial score (nSPS) is 14.5. The van der Waals surface area contributed by atoms with Crippen molar-refractivity contribution in [2.24, 2.45) is 0 Å². The van der Waals surface area contributed by atoms with Crippen LogP contribution in [0.4, 0.5) is 0 Å². The summed E-state index contributed by atoms with van der Waals surface area (Å²) in [6.07, 6.45) is -0.400. The number of hydrogen-bond acceptors (Lipinski definition) is 4. The SMILES string of the molecule is COc1ccc(C(C)NCC(C)O)c(O)c1. The summed E-state index contributed by atoms with van der Waals surface area (Å²) in [5.74, 6) is 0.828. The van der Waals surface area contributed by atoms with E-state index in [0.29, 0.717) is 12.3 Å². The van der Waals surface area contributed by atoms with E-state index in [4.69, 9.17) is 9.84 Å². The van der Waals surface area contributed by atoms with Gasteiger partial charge in [0.25, 0.3) is 0 Å². The van der Waals surface area contributed by atoms with Crippen molar-refractivity contribution in [3.63, 3.8) is 0 Å². The van der Waals surface area contributed by atoms with Gasteiger partial charge in [-0.05, 0) is 19.9 Å². The Morgan fingerprint density at radius 3 is 2.56 bits per heavy atom. The molecule has 0 aliphatic heterocycles. The Labute approximate surface area is 95.9 Å². The number of aliphatic hydroxyl groups excluding tert-OH is 1. The number of hydrogen-bond donors (Lipinski definition) is 3. The zero-order chi connectivity index (χ0) is 12.1. The first-order valence-electron chi connectivity index (χ1n) is 5.33. The molecule has 0 radical (unpaired) electrons. The largest absolute Gasteiger partial charge is 0.507 e. The Kier molecular flexibility index (Phi) is 4.58. The second kappa shape index (κ2) is 5.72. The first kappa shape index (κ1) is 12.8. The van der Waals surface area contributed by atoms with Gasteiger partial charge in [0.15, 0.2) is 0 Å². The Balaban J connectivity index is 2.71. The highest BCUT2D eigenvalue weighted by Gasteiger charge is 2.11. The van der Waals surface area contributed by atoms with E-state index in [1.807, 2.05) is 13.0 Å². The molecule has 3 N–H and O–H groups in total. The van der Waals surface area contributed by atoms with Crippen LogP contribution in [0.1, 0.15) is 25.5 Å². The van der Waals surface area contributed by atoms with Crippen molar-refractivity contribution in [2.45, 2.75) is 26.0 Å². The molecule has 0 spiro atoms. The molecule has 4 heteroatoms. The molecule has 0 aliphatic rings. The van der Waals surface area contributed by atoms with Gasteiger partial charge in [-0.25, -0.2) is 0 Å². The van der Waals surface area contributed by atoms with Gasteiger partial charge in [-0.2, -0.15) is 0 Å². The average Bonchev–Trinajstić information content (AvgIpc) is 2.25. The second-order valence-corrected chi connectivity index (χ2v) is 3.90. The van der Waals surface area contributed by atoms with Crippen molar-refractivity contribution < 1.29 is 14.9 Å². The van der Waals surface area contributed by atoms with Crippen molar-refractivity contribution in [3.05, 3.63) is 23.8 Å². The Hall–Kier alpha value is -1.26. The van der Waals surface area contributed by atoms with Gasteiger partial charge in [0.1, 0.15) is 11.5 Å². The van der Waals surface area contributed by atoms with Crippen molar-refractivity contribution in [1.82, 2.24) is 5.32 Å². The Bertz CT molecular complexity index is 339. The lowest BCUT2D eigenvalue weighted by molar-refractivity contribution is 0.187. The molecule has 1 aromatic carbocycles. The molecular weight excluding hydrogens is 206 g/mol. The van der Waals surface area contributed by atoms with E-state index in [0.717, 1.165) is 5.56 Å². The first-order valence-corrected chi connectivity index (χ1v) is 5.33. The third-order valence-electron chi connectivity index (χ3n) is 2.42. The van der Waals surface area contributed by atoms with E-state index < -0.39 is 6.10 Å². The van der Waals surface area contributed by atoms with Gasteiger partial charge in [0.2, 0.25) is 0 Å². The molecule has 1 rings (SSSR count). The minimum atomic E-state index is -0.400. The molecule has 16 heavy (non-hydrogen) atoms. The van der Waals surface area contributed by atoms with Crippen molar-refractivity contribution in [2.75, 3.05) is 13.7 Å². The fourth-order valence-electron chi connectivity index (χ4n) is 1.47. The maximum atomic E-state index is 9.78. The molecule has 0 amide bonds. The van der Waals surface area contributed by atoms with Crippen LogP contribution in [0.2, 0.25) is 0 Å². The smallest absolute Gasteiger partial charge is 0.124 e. The molecular formula is C12H19NO3. The first-order chi connectivity index (χ1) is 7.54. The third kappa shape index (κ3) is 3.40. The zero-order valence-corrected chi connectivity index (χ0v) is 9.90. The molecule has 4 nitrogen and oxygen atoms in total. The third-order valence-corrected chi connectivity index (χ3v) is 2.42. The van der Waals surface area contributed by atoms with E-state index in [1.165, 1.54) is 0 Å². The maximum absolute atomic E-state index is 9.78. The number of phenols is 1. The summed E-state index contributed by atoms with van der Waals surface area (Å²) >= 11 is 0. The summed E-state index contributed by atoms with van der Waals surface area (Å²) in [7, 11) is 1.56. The summed E-state index contributed by atoms with van der Waals surface area (Å²) < 4.78 is 5.01. The molecule has 2 unspecified atom stereocenters. The number of methoxy groups -OCH3 is 1. The Morgan fingerprint density at radius 2 is 2.06 bits per heavy atom. The molecule has 0 fully saturated rings. The highest BCUT2D eigenvalue weighted by Crippen LogP contribution is 2.28. The maximum Gasteiger partial charge on any atom is 0.124 e. The number of benzene rings is 1. The van der Waals surface area contributed by atoms with E-state index >= 15 is 0 Å². The topological polar surface area (TPSA) is 61.7 Å². The van der Waals surface area contributed by atoms with Crippen LogP contribution in [0.15, 0.2) is 18.2 Å².